The Balaban J connectivity index is 1.50. The van der Waals surface area contributed by atoms with E-state index in [9.17, 15) is 9.18 Å². The second kappa shape index (κ2) is 9.96. The molecule has 4 rings (SSSR count). The van der Waals surface area contributed by atoms with Gasteiger partial charge in [-0.15, -0.1) is 0 Å². The summed E-state index contributed by atoms with van der Waals surface area (Å²) in [7, 11) is 0. The molecule has 1 atom stereocenters. The number of ether oxygens (including phenoxy) is 1. The maximum atomic E-state index is 13.9. The van der Waals surface area contributed by atoms with Crippen molar-refractivity contribution in [1.29, 1.82) is 0 Å². The van der Waals surface area contributed by atoms with Crippen molar-refractivity contribution < 1.29 is 13.9 Å². The molecule has 1 aliphatic heterocycles. The molecule has 1 N–H and O–H groups in total. The summed E-state index contributed by atoms with van der Waals surface area (Å²) in [6, 6.07) is 9.14. The Morgan fingerprint density at radius 1 is 1.16 bits per heavy atom. The number of carbonyl (C=O) groups excluding carboxylic acids is 1. The molecule has 1 aromatic heterocycles. The largest absolute Gasteiger partial charge is 0.379 e. The summed E-state index contributed by atoms with van der Waals surface area (Å²) < 4.78 is 21.8. The van der Waals surface area contributed by atoms with Gasteiger partial charge in [0, 0.05) is 37.1 Å². The summed E-state index contributed by atoms with van der Waals surface area (Å²) in [6.07, 6.45) is 6.22. The highest BCUT2D eigenvalue weighted by Gasteiger charge is 2.26. The number of amides is 1. The Hall–Kier alpha value is -2.18. The summed E-state index contributed by atoms with van der Waals surface area (Å²) in [5.74, 6) is -0.303. The van der Waals surface area contributed by atoms with Crippen molar-refractivity contribution in [2.24, 2.45) is 0 Å². The SMILES string of the molecule is Cc1cc(C(=O)NCC(c2cccc(F)c2)N2CCOCC2)c(C)n1C1CCCCC1. The molecular weight excluding hydrogens is 393 g/mol. The van der Waals surface area contributed by atoms with E-state index >= 15 is 0 Å². The van der Waals surface area contributed by atoms with Crippen LogP contribution in [0.15, 0.2) is 30.3 Å². The molecule has 5 nitrogen and oxygen atoms in total. The Morgan fingerprint density at radius 2 is 1.90 bits per heavy atom. The van der Waals surface area contributed by atoms with Crippen LogP contribution in [0, 0.1) is 19.7 Å². The van der Waals surface area contributed by atoms with Crippen molar-refractivity contribution in [3.63, 3.8) is 0 Å². The van der Waals surface area contributed by atoms with Gasteiger partial charge in [-0.1, -0.05) is 31.4 Å². The standard InChI is InChI=1S/C25H34FN3O2/c1-18-15-23(19(2)29(18)22-9-4-3-5-10-22)25(30)27-17-24(28-11-13-31-14-12-28)20-7-6-8-21(26)16-20/h6-8,15-16,22,24H,3-5,9-14,17H2,1-2H3,(H,27,30). The van der Waals surface area contributed by atoms with Gasteiger partial charge in [0.05, 0.1) is 24.8 Å². The molecule has 31 heavy (non-hydrogen) atoms. The van der Waals surface area contributed by atoms with E-state index in [1.54, 1.807) is 12.1 Å². The van der Waals surface area contributed by atoms with Crippen LogP contribution < -0.4 is 5.32 Å². The summed E-state index contributed by atoms with van der Waals surface area (Å²) in [5.41, 5.74) is 3.85. The van der Waals surface area contributed by atoms with Crippen molar-refractivity contribution >= 4 is 5.91 Å². The van der Waals surface area contributed by atoms with E-state index in [2.05, 4.69) is 28.6 Å². The zero-order valence-corrected chi connectivity index (χ0v) is 18.7. The molecule has 2 fully saturated rings. The molecule has 1 saturated carbocycles. The highest BCUT2D eigenvalue weighted by Crippen LogP contribution is 2.32. The predicted octanol–water partition coefficient (Wildman–Crippen LogP) is 4.55. The minimum absolute atomic E-state index is 0.0511. The quantitative estimate of drug-likeness (QED) is 0.736. The predicted molar refractivity (Wildman–Crippen MR) is 120 cm³/mol. The highest BCUT2D eigenvalue weighted by molar-refractivity contribution is 5.95. The fourth-order valence-electron chi connectivity index (χ4n) is 5.25. The molecule has 1 saturated heterocycles. The van der Waals surface area contributed by atoms with Gasteiger partial charge in [0.2, 0.25) is 0 Å². The molecule has 0 radical (unpaired) electrons. The Morgan fingerprint density at radius 3 is 2.61 bits per heavy atom. The van der Waals surface area contributed by atoms with Crippen LogP contribution in [0.5, 0.6) is 0 Å². The van der Waals surface area contributed by atoms with E-state index in [-0.39, 0.29) is 17.8 Å². The highest BCUT2D eigenvalue weighted by atomic mass is 19.1. The minimum Gasteiger partial charge on any atom is -0.379 e. The van der Waals surface area contributed by atoms with E-state index in [0.717, 1.165) is 35.6 Å². The first-order valence-corrected chi connectivity index (χ1v) is 11.6. The van der Waals surface area contributed by atoms with Crippen molar-refractivity contribution in [3.05, 3.63) is 58.7 Å². The van der Waals surface area contributed by atoms with Gasteiger partial charge in [-0.2, -0.15) is 0 Å². The first-order chi connectivity index (χ1) is 15.0. The molecule has 0 bridgehead atoms. The molecule has 6 heteroatoms. The molecular formula is C25H34FN3O2. The van der Waals surface area contributed by atoms with Crippen LogP contribution in [0.3, 0.4) is 0 Å². The zero-order valence-electron chi connectivity index (χ0n) is 18.7. The van der Waals surface area contributed by atoms with Gasteiger partial charge < -0.3 is 14.6 Å². The van der Waals surface area contributed by atoms with E-state index in [0.29, 0.717) is 25.8 Å². The second-order valence-corrected chi connectivity index (χ2v) is 8.88. The first-order valence-electron chi connectivity index (χ1n) is 11.6. The van der Waals surface area contributed by atoms with Crippen LogP contribution in [0.25, 0.3) is 0 Å². The lowest BCUT2D eigenvalue weighted by Crippen LogP contribution is -2.43. The Kier molecular flexibility index (Phi) is 7.08. The summed E-state index contributed by atoms with van der Waals surface area (Å²) >= 11 is 0. The number of carbonyl (C=O) groups is 1. The van der Waals surface area contributed by atoms with Gasteiger partial charge in [0.15, 0.2) is 0 Å². The van der Waals surface area contributed by atoms with E-state index in [4.69, 9.17) is 4.74 Å². The number of nitrogens with zero attached hydrogens (tertiary/aromatic N) is 2. The molecule has 1 aromatic carbocycles. The maximum absolute atomic E-state index is 13.9. The molecule has 2 aliphatic rings. The monoisotopic (exact) mass is 427 g/mol. The van der Waals surface area contributed by atoms with Crippen LogP contribution in [0.1, 0.15) is 71.5 Å². The van der Waals surface area contributed by atoms with Crippen molar-refractivity contribution in [3.8, 4) is 0 Å². The molecule has 2 aromatic rings. The fourth-order valence-corrected chi connectivity index (χ4v) is 5.25. The smallest absolute Gasteiger partial charge is 0.253 e. The topological polar surface area (TPSA) is 46.5 Å². The normalized spacial score (nSPS) is 19.3. The molecule has 168 valence electrons. The number of hydrogen-bond donors (Lipinski definition) is 1. The summed E-state index contributed by atoms with van der Waals surface area (Å²) in [6.45, 7) is 7.45. The average molecular weight is 428 g/mol. The van der Waals surface area contributed by atoms with Gasteiger partial charge in [-0.25, -0.2) is 4.39 Å². The number of rotatable bonds is 6. The first kappa shape index (κ1) is 22.0. The lowest BCUT2D eigenvalue weighted by Gasteiger charge is -2.35. The van der Waals surface area contributed by atoms with E-state index in [1.807, 2.05) is 12.1 Å². The molecule has 0 spiro atoms. The minimum atomic E-state index is -0.252. The maximum Gasteiger partial charge on any atom is 0.253 e. The molecule has 1 unspecified atom stereocenters. The van der Waals surface area contributed by atoms with Crippen molar-refractivity contribution in [2.45, 2.75) is 58.0 Å². The third kappa shape index (κ3) is 5.01. The third-order valence-electron chi connectivity index (χ3n) is 6.84. The van der Waals surface area contributed by atoms with Crippen LogP contribution in [0.2, 0.25) is 0 Å². The van der Waals surface area contributed by atoms with Crippen LogP contribution in [-0.4, -0.2) is 48.2 Å². The second-order valence-electron chi connectivity index (χ2n) is 8.88. The molecule has 1 amide bonds. The number of halogens is 1. The average Bonchev–Trinajstić information content (AvgIpc) is 3.09. The number of aromatic nitrogens is 1. The van der Waals surface area contributed by atoms with Crippen molar-refractivity contribution in [2.75, 3.05) is 32.8 Å². The van der Waals surface area contributed by atoms with Gasteiger partial charge >= 0.3 is 0 Å². The number of benzene rings is 1. The third-order valence-corrected chi connectivity index (χ3v) is 6.84. The number of morpholine rings is 1. The lowest BCUT2D eigenvalue weighted by molar-refractivity contribution is 0.0162. The lowest BCUT2D eigenvalue weighted by atomic mass is 9.95. The number of hydrogen-bond acceptors (Lipinski definition) is 3. The zero-order chi connectivity index (χ0) is 21.8. The van der Waals surface area contributed by atoms with Gasteiger partial charge in [-0.05, 0) is 50.5 Å². The molecule has 1 aliphatic carbocycles. The van der Waals surface area contributed by atoms with Crippen LogP contribution in [0.4, 0.5) is 4.39 Å². The van der Waals surface area contributed by atoms with Gasteiger partial charge in [0.1, 0.15) is 5.82 Å². The van der Waals surface area contributed by atoms with Crippen LogP contribution in [-0.2, 0) is 4.74 Å². The summed E-state index contributed by atoms with van der Waals surface area (Å²) in [4.78, 5) is 15.4. The van der Waals surface area contributed by atoms with E-state index in [1.165, 1.54) is 38.2 Å². The molecule has 2 heterocycles. The van der Waals surface area contributed by atoms with Gasteiger partial charge in [-0.3, -0.25) is 9.69 Å². The van der Waals surface area contributed by atoms with Crippen molar-refractivity contribution in [1.82, 2.24) is 14.8 Å². The number of nitrogens with one attached hydrogen (secondary N) is 1. The Labute approximate surface area is 184 Å². The van der Waals surface area contributed by atoms with Gasteiger partial charge in [0.25, 0.3) is 5.91 Å². The number of aryl methyl sites for hydroxylation is 1. The summed E-state index contributed by atoms with van der Waals surface area (Å²) in [5, 5.41) is 3.14. The fraction of sp³-hybridized carbons (Fsp3) is 0.560. The van der Waals surface area contributed by atoms with E-state index < -0.39 is 0 Å². The van der Waals surface area contributed by atoms with Crippen LogP contribution >= 0.6 is 0 Å². The Bertz CT molecular complexity index is 898.